The fourth-order valence-corrected chi connectivity index (χ4v) is 2.56. The Hall–Kier alpha value is -2.95. The van der Waals surface area contributed by atoms with Gasteiger partial charge in [-0.1, -0.05) is 30.3 Å². The lowest BCUT2D eigenvalue weighted by molar-refractivity contribution is -0.131. The SMILES string of the molecule is C[C@H](NC(=O)CN(C)C(=O)OCc1ccccc1)C(=O)N[C@@H](C)C(=O)NCP(=O)(O)O. The van der Waals surface area contributed by atoms with Gasteiger partial charge in [0.05, 0.1) is 0 Å². The lowest BCUT2D eigenvalue weighted by atomic mass is 10.2. The average Bonchev–Trinajstić information content (AvgIpc) is 2.69. The van der Waals surface area contributed by atoms with Crippen LogP contribution in [0.25, 0.3) is 0 Å². The van der Waals surface area contributed by atoms with Crippen molar-refractivity contribution in [3.8, 4) is 0 Å². The Kier molecular flexibility index (Phi) is 10.1. The van der Waals surface area contributed by atoms with Crippen LogP contribution in [0.1, 0.15) is 19.4 Å². The molecule has 0 aliphatic heterocycles. The first-order chi connectivity index (χ1) is 14.4. The number of nitrogens with one attached hydrogen (secondary N) is 3. The van der Waals surface area contributed by atoms with Gasteiger partial charge < -0.3 is 35.4 Å². The maximum Gasteiger partial charge on any atom is 0.410 e. The maximum absolute atomic E-state index is 12.1. The van der Waals surface area contributed by atoms with E-state index in [0.717, 1.165) is 10.5 Å². The molecule has 5 N–H and O–H groups in total. The third kappa shape index (κ3) is 10.6. The second-order valence-electron chi connectivity index (χ2n) is 6.78. The summed E-state index contributed by atoms with van der Waals surface area (Å²) in [4.78, 5) is 66.4. The van der Waals surface area contributed by atoms with Crippen molar-refractivity contribution < 1.29 is 38.3 Å². The highest BCUT2D eigenvalue weighted by Gasteiger charge is 2.23. The van der Waals surface area contributed by atoms with Crippen molar-refractivity contribution in [2.45, 2.75) is 32.5 Å². The van der Waals surface area contributed by atoms with Gasteiger partial charge in [-0.3, -0.25) is 18.9 Å². The summed E-state index contributed by atoms with van der Waals surface area (Å²) in [6, 6.07) is 6.88. The summed E-state index contributed by atoms with van der Waals surface area (Å²) in [5.41, 5.74) is 0.790. The minimum absolute atomic E-state index is 0.0480. The van der Waals surface area contributed by atoms with Crippen LogP contribution >= 0.6 is 7.60 Å². The molecule has 2 atom stereocenters. The molecule has 1 rings (SSSR count). The topological polar surface area (TPSA) is 174 Å². The van der Waals surface area contributed by atoms with Gasteiger partial charge in [-0.25, -0.2) is 4.79 Å². The molecule has 1 aromatic rings. The van der Waals surface area contributed by atoms with Gasteiger partial charge in [-0.15, -0.1) is 0 Å². The average molecular weight is 458 g/mol. The highest BCUT2D eigenvalue weighted by atomic mass is 31.2. The summed E-state index contributed by atoms with van der Waals surface area (Å²) in [7, 11) is -3.05. The molecule has 0 saturated carbocycles. The van der Waals surface area contributed by atoms with Crippen LogP contribution in [-0.2, 0) is 30.3 Å². The zero-order valence-electron chi connectivity index (χ0n) is 17.4. The zero-order chi connectivity index (χ0) is 23.6. The molecule has 0 aliphatic carbocycles. The Labute approximate surface area is 179 Å². The molecule has 0 heterocycles. The van der Waals surface area contributed by atoms with Crippen molar-refractivity contribution in [2.24, 2.45) is 0 Å². The summed E-state index contributed by atoms with van der Waals surface area (Å²) in [6.45, 7) is 2.38. The van der Waals surface area contributed by atoms with E-state index in [9.17, 15) is 23.7 Å². The van der Waals surface area contributed by atoms with Crippen LogP contribution in [0, 0.1) is 0 Å². The third-order valence-electron chi connectivity index (χ3n) is 3.88. The molecule has 4 amide bonds. The largest absolute Gasteiger partial charge is 0.445 e. The molecule has 0 aliphatic rings. The number of carbonyl (C=O) groups is 4. The lowest BCUT2D eigenvalue weighted by Gasteiger charge is -2.20. The Morgan fingerprint density at radius 1 is 1.03 bits per heavy atom. The molecule has 172 valence electrons. The van der Waals surface area contributed by atoms with Crippen LogP contribution in [0.3, 0.4) is 0 Å². The second-order valence-corrected chi connectivity index (χ2v) is 8.43. The number of rotatable bonds is 10. The monoisotopic (exact) mass is 458 g/mol. The van der Waals surface area contributed by atoms with Crippen molar-refractivity contribution in [3.05, 3.63) is 35.9 Å². The quantitative estimate of drug-likeness (QED) is 0.292. The predicted molar refractivity (Wildman–Crippen MR) is 110 cm³/mol. The Bertz CT molecular complexity index is 829. The van der Waals surface area contributed by atoms with Gasteiger partial charge >= 0.3 is 13.7 Å². The van der Waals surface area contributed by atoms with Gasteiger partial charge in [0.2, 0.25) is 17.7 Å². The molecule has 0 fully saturated rings. The van der Waals surface area contributed by atoms with Gasteiger partial charge in [0.15, 0.2) is 0 Å². The Morgan fingerprint density at radius 2 is 1.61 bits per heavy atom. The lowest BCUT2D eigenvalue weighted by Crippen LogP contribution is -2.53. The van der Waals surface area contributed by atoms with Gasteiger partial charge in [0, 0.05) is 7.05 Å². The third-order valence-corrected chi connectivity index (χ3v) is 4.45. The first kappa shape index (κ1) is 26.1. The van der Waals surface area contributed by atoms with Crippen LogP contribution in [-0.4, -0.2) is 70.5 Å². The van der Waals surface area contributed by atoms with E-state index in [-0.39, 0.29) is 13.2 Å². The molecule has 0 aromatic heterocycles. The maximum atomic E-state index is 12.1. The van der Waals surface area contributed by atoms with E-state index in [1.54, 1.807) is 24.3 Å². The normalized spacial score (nSPS) is 12.8. The van der Waals surface area contributed by atoms with Crippen LogP contribution in [0.4, 0.5) is 4.79 Å². The second kappa shape index (κ2) is 12.0. The number of amides is 4. The molecule has 31 heavy (non-hydrogen) atoms. The van der Waals surface area contributed by atoms with E-state index in [2.05, 4.69) is 10.6 Å². The Balaban J connectivity index is 2.40. The fraction of sp³-hybridized carbons (Fsp3) is 0.444. The zero-order valence-corrected chi connectivity index (χ0v) is 18.3. The predicted octanol–water partition coefficient (Wildman–Crippen LogP) is -0.484. The van der Waals surface area contributed by atoms with E-state index in [0.29, 0.717) is 0 Å². The van der Waals surface area contributed by atoms with Gasteiger partial charge in [0.1, 0.15) is 31.5 Å². The van der Waals surface area contributed by atoms with Crippen molar-refractivity contribution in [2.75, 3.05) is 19.9 Å². The number of ether oxygens (including phenoxy) is 1. The number of hydrogen-bond acceptors (Lipinski definition) is 6. The molecule has 13 heteroatoms. The van der Waals surface area contributed by atoms with Crippen molar-refractivity contribution in [3.63, 3.8) is 0 Å². The van der Waals surface area contributed by atoms with E-state index in [4.69, 9.17) is 14.5 Å². The molecule has 0 saturated heterocycles. The van der Waals surface area contributed by atoms with Crippen LogP contribution in [0.15, 0.2) is 30.3 Å². The molecule has 0 spiro atoms. The van der Waals surface area contributed by atoms with Crippen molar-refractivity contribution in [1.29, 1.82) is 0 Å². The van der Waals surface area contributed by atoms with Gasteiger partial charge in [-0.2, -0.15) is 0 Å². The van der Waals surface area contributed by atoms with Crippen molar-refractivity contribution in [1.82, 2.24) is 20.9 Å². The number of nitrogens with zero attached hydrogens (tertiary/aromatic N) is 1. The van der Waals surface area contributed by atoms with Gasteiger partial charge in [0.25, 0.3) is 0 Å². The van der Waals surface area contributed by atoms with E-state index in [1.165, 1.54) is 20.9 Å². The van der Waals surface area contributed by atoms with E-state index < -0.39 is 49.8 Å². The number of hydrogen-bond donors (Lipinski definition) is 5. The van der Waals surface area contributed by atoms with E-state index in [1.807, 2.05) is 11.4 Å². The highest BCUT2D eigenvalue weighted by Crippen LogP contribution is 2.31. The molecule has 0 bridgehead atoms. The summed E-state index contributed by atoms with van der Waals surface area (Å²) >= 11 is 0. The summed E-state index contributed by atoms with van der Waals surface area (Å²) in [6.07, 6.45) is -1.57. The summed E-state index contributed by atoms with van der Waals surface area (Å²) < 4.78 is 15.9. The number of carbonyl (C=O) groups excluding carboxylic acids is 4. The van der Waals surface area contributed by atoms with Crippen molar-refractivity contribution >= 4 is 31.4 Å². The smallest absolute Gasteiger partial charge is 0.410 e. The fourth-order valence-electron chi connectivity index (χ4n) is 2.20. The van der Waals surface area contributed by atoms with E-state index >= 15 is 0 Å². The number of likely N-dealkylation sites (N-methyl/N-ethyl adjacent to an activating group) is 1. The first-order valence-corrected chi connectivity index (χ1v) is 11.0. The summed E-state index contributed by atoms with van der Waals surface area (Å²) in [5.74, 6) is -2.11. The highest BCUT2D eigenvalue weighted by molar-refractivity contribution is 7.51. The summed E-state index contributed by atoms with van der Waals surface area (Å²) in [5, 5.41) is 6.70. The standard InChI is InChI=1S/C18H27N4O8P/c1-12(16(24)19-11-31(27,28)29)21-17(25)13(2)20-15(23)9-22(3)18(26)30-10-14-7-5-4-6-8-14/h4-8,12-13H,9-11H2,1-3H3,(H,19,24)(H,20,23)(H,21,25)(H2,27,28,29)/t12-,13-/m0/s1. The number of benzene rings is 1. The minimum atomic E-state index is -4.42. The molecule has 0 unspecified atom stereocenters. The Morgan fingerprint density at radius 3 is 2.19 bits per heavy atom. The van der Waals surface area contributed by atoms with Crippen LogP contribution in [0.2, 0.25) is 0 Å². The van der Waals surface area contributed by atoms with Crippen LogP contribution in [0.5, 0.6) is 0 Å². The van der Waals surface area contributed by atoms with Crippen LogP contribution < -0.4 is 16.0 Å². The molecular formula is C18H27N4O8P. The minimum Gasteiger partial charge on any atom is -0.445 e. The molecule has 12 nitrogen and oxygen atoms in total. The van der Waals surface area contributed by atoms with Gasteiger partial charge in [-0.05, 0) is 19.4 Å². The molecule has 0 radical (unpaired) electrons. The first-order valence-electron chi connectivity index (χ1n) is 9.23. The molecule has 1 aromatic carbocycles. The molecular weight excluding hydrogens is 431 g/mol.